The highest BCUT2D eigenvalue weighted by Crippen LogP contribution is 2.54. The molecular formula is C25H22O4S. The average Bonchev–Trinajstić information content (AvgIpc) is 3.28. The summed E-state index contributed by atoms with van der Waals surface area (Å²) in [7, 11) is -3.85. The average molecular weight is 419 g/mol. The number of carbonyl (C=O) groups is 1. The number of fused-ring (bicyclic) bond motifs is 2. The molecule has 0 aromatic heterocycles. The van der Waals surface area contributed by atoms with E-state index < -0.39 is 26.4 Å². The molecule has 0 N–H and O–H groups in total. The van der Waals surface area contributed by atoms with Gasteiger partial charge in [0.1, 0.15) is 4.75 Å². The lowest BCUT2D eigenvalue weighted by Crippen LogP contribution is -2.53. The van der Waals surface area contributed by atoms with E-state index in [-0.39, 0.29) is 23.9 Å². The Kier molecular flexibility index (Phi) is 4.60. The lowest BCUT2D eigenvalue weighted by molar-refractivity contribution is 0.0850. The van der Waals surface area contributed by atoms with Crippen molar-refractivity contribution >= 4 is 15.6 Å². The molecule has 0 saturated carbocycles. The Bertz CT molecular complexity index is 1190. The zero-order valence-electron chi connectivity index (χ0n) is 16.4. The van der Waals surface area contributed by atoms with Crippen molar-refractivity contribution in [1.29, 1.82) is 0 Å². The van der Waals surface area contributed by atoms with Crippen molar-refractivity contribution in [2.75, 3.05) is 13.2 Å². The van der Waals surface area contributed by atoms with E-state index in [0.717, 1.165) is 5.56 Å². The third-order valence-corrected chi connectivity index (χ3v) is 9.03. The van der Waals surface area contributed by atoms with Gasteiger partial charge in [0, 0.05) is 11.5 Å². The molecule has 4 nitrogen and oxygen atoms in total. The molecule has 5 rings (SSSR count). The van der Waals surface area contributed by atoms with E-state index in [1.54, 1.807) is 36.4 Å². The molecule has 0 bridgehead atoms. The normalized spacial score (nSPS) is 25.5. The molecule has 2 aliphatic rings. The summed E-state index contributed by atoms with van der Waals surface area (Å²) in [6.45, 7) is 0.516. The van der Waals surface area contributed by atoms with Crippen LogP contribution < -0.4 is 0 Å². The molecule has 1 saturated heterocycles. The van der Waals surface area contributed by atoms with Gasteiger partial charge < -0.3 is 4.74 Å². The van der Waals surface area contributed by atoms with Crippen LogP contribution in [-0.4, -0.2) is 27.4 Å². The van der Waals surface area contributed by atoms with Crippen LogP contribution in [-0.2, 0) is 25.7 Å². The van der Waals surface area contributed by atoms with Crippen molar-refractivity contribution in [2.24, 2.45) is 11.8 Å². The zero-order valence-corrected chi connectivity index (χ0v) is 17.2. The standard InChI is InChI=1S/C25H22O4S/c26-24-20-13-7-8-14-22(20)25(23-17-29-16-21(23)24,15-18-9-3-1-4-10-18)30(27,28)19-11-5-2-6-12-19/h1-14,21,23H,15-17H2/t21-,23+,25+/m0/s1. The fourth-order valence-electron chi connectivity index (χ4n) is 5.11. The Labute approximate surface area is 176 Å². The summed E-state index contributed by atoms with van der Waals surface area (Å²) in [5.74, 6) is -0.910. The smallest absolute Gasteiger partial charge is 0.188 e. The Morgan fingerprint density at radius 2 is 1.47 bits per heavy atom. The van der Waals surface area contributed by atoms with Crippen LogP contribution in [0.2, 0.25) is 0 Å². The minimum atomic E-state index is -3.85. The van der Waals surface area contributed by atoms with Crippen molar-refractivity contribution in [3.8, 4) is 0 Å². The molecule has 0 unspecified atom stereocenters. The van der Waals surface area contributed by atoms with Gasteiger partial charge in [-0.3, -0.25) is 4.79 Å². The lowest BCUT2D eigenvalue weighted by atomic mass is 9.67. The number of ether oxygens (including phenoxy) is 1. The van der Waals surface area contributed by atoms with Crippen LogP contribution in [0.25, 0.3) is 0 Å². The predicted octanol–water partition coefficient (Wildman–Crippen LogP) is 4.06. The first-order chi connectivity index (χ1) is 14.6. The van der Waals surface area contributed by atoms with Gasteiger partial charge in [-0.15, -0.1) is 0 Å². The van der Waals surface area contributed by atoms with Crippen LogP contribution in [0.5, 0.6) is 0 Å². The second-order valence-corrected chi connectivity index (χ2v) is 10.2. The molecule has 0 spiro atoms. The van der Waals surface area contributed by atoms with Gasteiger partial charge in [-0.05, 0) is 29.7 Å². The summed E-state index contributed by atoms with van der Waals surface area (Å²) in [6, 6.07) is 25.4. The van der Waals surface area contributed by atoms with E-state index in [2.05, 4.69) is 0 Å². The van der Waals surface area contributed by atoms with Crippen LogP contribution in [0.3, 0.4) is 0 Å². The number of carbonyl (C=O) groups excluding carboxylic acids is 1. The molecular weight excluding hydrogens is 396 g/mol. The van der Waals surface area contributed by atoms with Gasteiger partial charge in [-0.2, -0.15) is 0 Å². The molecule has 30 heavy (non-hydrogen) atoms. The Balaban J connectivity index is 1.84. The summed E-state index contributed by atoms with van der Waals surface area (Å²) in [6.07, 6.45) is 0.292. The van der Waals surface area contributed by atoms with Crippen LogP contribution in [0.4, 0.5) is 0 Å². The Morgan fingerprint density at radius 3 is 2.20 bits per heavy atom. The van der Waals surface area contributed by atoms with Gasteiger partial charge in [0.25, 0.3) is 0 Å². The minimum absolute atomic E-state index is 0.0138. The summed E-state index contributed by atoms with van der Waals surface area (Å²) in [5, 5.41) is 0. The van der Waals surface area contributed by atoms with Gasteiger partial charge in [0.05, 0.1) is 24.0 Å². The maximum absolute atomic E-state index is 14.4. The van der Waals surface area contributed by atoms with Crippen molar-refractivity contribution in [3.05, 3.63) is 102 Å². The highest BCUT2D eigenvalue weighted by Gasteiger charge is 2.61. The number of hydrogen-bond acceptors (Lipinski definition) is 4. The minimum Gasteiger partial charge on any atom is -0.380 e. The van der Waals surface area contributed by atoms with Crippen LogP contribution >= 0.6 is 0 Å². The summed E-state index contributed by atoms with van der Waals surface area (Å²) >= 11 is 0. The molecule has 1 aliphatic heterocycles. The second-order valence-electron chi connectivity index (χ2n) is 8.03. The van der Waals surface area contributed by atoms with E-state index >= 15 is 0 Å². The molecule has 3 aromatic carbocycles. The van der Waals surface area contributed by atoms with Gasteiger partial charge in [0.2, 0.25) is 0 Å². The molecule has 1 aliphatic carbocycles. The van der Waals surface area contributed by atoms with Gasteiger partial charge in [0.15, 0.2) is 15.6 Å². The fraction of sp³-hybridized carbons (Fsp3) is 0.240. The van der Waals surface area contributed by atoms with Crippen LogP contribution in [0.1, 0.15) is 21.5 Å². The number of benzene rings is 3. The molecule has 152 valence electrons. The van der Waals surface area contributed by atoms with Crippen molar-refractivity contribution in [2.45, 2.75) is 16.1 Å². The van der Waals surface area contributed by atoms with Crippen molar-refractivity contribution in [1.82, 2.24) is 0 Å². The molecule has 0 radical (unpaired) electrons. The third kappa shape index (κ3) is 2.69. The largest absolute Gasteiger partial charge is 0.380 e. The monoisotopic (exact) mass is 418 g/mol. The highest BCUT2D eigenvalue weighted by atomic mass is 32.2. The molecule has 0 amide bonds. The zero-order chi connectivity index (χ0) is 20.8. The van der Waals surface area contributed by atoms with Crippen LogP contribution in [0.15, 0.2) is 89.8 Å². The number of hydrogen-bond donors (Lipinski definition) is 0. The van der Waals surface area contributed by atoms with E-state index in [0.29, 0.717) is 17.5 Å². The maximum atomic E-state index is 14.4. The van der Waals surface area contributed by atoms with E-state index in [1.807, 2.05) is 48.5 Å². The van der Waals surface area contributed by atoms with E-state index in [4.69, 9.17) is 4.74 Å². The van der Waals surface area contributed by atoms with Crippen LogP contribution in [0, 0.1) is 11.8 Å². The molecule has 1 heterocycles. The van der Waals surface area contributed by atoms with E-state index in [1.165, 1.54) is 0 Å². The first-order valence-corrected chi connectivity index (χ1v) is 11.6. The Hall–Kier alpha value is -2.76. The number of sulfone groups is 1. The molecule has 5 heteroatoms. The van der Waals surface area contributed by atoms with Gasteiger partial charge in [-0.1, -0.05) is 72.8 Å². The van der Waals surface area contributed by atoms with E-state index in [9.17, 15) is 13.2 Å². The molecule has 1 fully saturated rings. The maximum Gasteiger partial charge on any atom is 0.188 e. The third-order valence-electron chi connectivity index (χ3n) is 6.51. The predicted molar refractivity (Wildman–Crippen MR) is 114 cm³/mol. The first kappa shape index (κ1) is 19.2. The summed E-state index contributed by atoms with van der Waals surface area (Å²) in [5.41, 5.74) is 2.01. The first-order valence-electron chi connectivity index (χ1n) is 10.1. The fourth-order valence-corrected chi connectivity index (χ4v) is 7.50. The molecule has 3 atom stereocenters. The second kappa shape index (κ2) is 7.18. The van der Waals surface area contributed by atoms with Gasteiger partial charge >= 0.3 is 0 Å². The lowest BCUT2D eigenvalue weighted by Gasteiger charge is -2.44. The number of rotatable bonds is 4. The Morgan fingerprint density at radius 1 is 0.833 bits per heavy atom. The summed E-state index contributed by atoms with van der Waals surface area (Å²) in [4.78, 5) is 13.5. The topological polar surface area (TPSA) is 60.4 Å². The van der Waals surface area contributed by atoms with Crippen molar-refractivity contribution in [3.63, 3.8) is 0 Å². The quantitative estimate of drug-likeness (QED) is 0.641. The SMILES string of the molecule is O=C1c2ccccc2[C@@](Cc2ccccc2)(S(=O)(=O)c2ccccc2)[C@@H]2COC[C@H]12. The number of Topliss-reactive ketones (excluding diaryl/α,β-unsaturated/α-hetero) is 1. The van der Waals surface area contributed by atoms with Crippen molar-refractivity contribution < 1.29 is 17.9 Å². The molecule has 3 aromatic rings. The highest BCUT2D eigenvalue weighted by molar-refractivity contribution is 7.92. The number of ketones is 1. The van der Waals surface area contributed by atoms with Gasteiger partial charge in [-0.25, -0.2) is 8.42 Å². The summed E-state index contributed by atoms with van der Waals surface area (Å²) < 4.78 is 33.2.